The molecule has 2 rings (SSSR count). The molecule has 18 heavy (non-hydrogen) atoms. The van der Waals surface area contributed by atoms with Gasteiger partial charge in [0, 0.05) is 26.3 Å². The quantitative estimate of drug-likeness (QED) is 0.480. The largest absolute Gasteiger partial charge is 0.360 e. The van der Waals surface area contributed by atoms with Crippen LogP contribution in [0.1, 0.15) is 0 Å². The monoisotopic (exact) mass is 283 g/mol. The molecule has 0 atom stereocenters. The van der Waals surface area contributed by atoms with E-state index in [-0.39, 0.29) is 0 Å². The van der Waals surface area contributed by atoms with Gasteiger partial charge in [0.1, 0.15) is 12.2 Å². The van der Waals surface area contributed by atoms with Gasteiger partial charge in [-0.2, -0.15) is 5.10 Å². The molecule has 98 valence electrons. The number of ether oxygens (including phenoxy) is 1. The third-order valence-electron chi connectivity index (χ3n) is 2.72. The fraction of sp³-hybridized carbons (Fsp3) is 0.500. The highest BCUT2D eigenvalue weighted by Crippen LogP contribution is 2.20. The van der Waals surface area contributed by atoms with Crippen molar-refractivity contribution in [2.75, 3.05) is 6.61 Å². The van der Waals surface area contributed by atoms with Crippen LogP contribution in [0.15, 0.2) is 18.5 Å². The van der Waals surface area contributed by atoms with Crippen molar-refractivity contribution in [3.63, 3.8) is 0 Å². The summed E-state index contributed by atoms with van der Waals surface area (Å²) >= 11 is 6.07. The van der Waals surface area contributed by atoms with Crippen LogP contribution >= 0.6 is 11.6 Å². The van der Waals surface area contributed by atoms with Gasteiger partial charge in [-0.25, -0.2) is 9.67 Å². The molecule has 0 aliphatic rings. The molecule has 0 aliphatic carbocycles. The Balaban J connectivity index is 2.00. The Labute approximate surface area is 113 Å². The van der Waals surface area contributed by atoms with Gasteiger partial charge in [0.05, 0.1) is 6.20 Å². The first-order chi connectivity index (χ1) is 8.47. The van der Waals surface area contributed by atoms with Gasteiger partial charge in [0.25, 0.3) is 0 Å². The molecule has 0 N–H and O–H groups in total. The number of hydrogen-bond acceptors (Lipinski definition) is 3. The van der Waals surface area contributed by atoms with Gasteiger partial charge in [0.2, 0.25) is 0 Å². The van der Waals surface area contributed by atoms with Crippen LogP contribution in [-0.2, 0) is 11.5 Å². The van der Waals surface area contributed by atoms with Crippen LogP contribution in [0.5, 0.6) is 0 Å². The Morgan fingerprint density at radius 2 is 2.17 bits per heavy atom. The highest BCUT2D eigenvalue weighted by atomic mass is 35.5. The third-order valence-corrected chi connectivity index (χ3v) is 4.70. The number of nitrogens with zero attached hydrogens (tertiary/aromatic N) is 3. The zero-order chi connectivity index (χ0) is 13.2. The summed E-state index contributed by atoms with van der Waals surface area (Å²) in [7, 11) is -1.04. The highest BCUT2D eigenvalue weighted by Gasteiger charge is 2.12. The Morgan fingerprint density at radius 1 is 1.39 bits per heavy atom. The van der Waals surface area contributed by atoms with E-state index in [1.165, 1.54) is 0 Å². The number of fused-ring (bicyclic) bond motifs is 1. The van der Waals surface area contributed by atoms with Crippen LogP contribution in [0.2, 0.25) is 30.8 Å². The molecule has 0 fully saturated rings. The second kappa shape index (κ2) is 5.38. The van der Waals surface area contributed by atoms with Gasteiger partial charge in [-0.1, -0.05) is 31.2 Å². The van der Waals surface area contributed by atoms with E-state index in [4.69, 9.17) is 16.3 Å². The van der Waals surface area contributed by atoms with Crippen LogP contribution in [0.3, 0.4) is 0 Å². The SMILES string of the molecule is C[Si](C)(C)CCOCn1ncc2ccnc(Cl)c21. The lowest BCUT2D eigenvalue weighted by Crippen LogP contribution is -2.22. The molecule has 0 unspecified atom stereocenters. The number of hydrogen-bond donors (Lipinski definition) is 0. The van der Waals surface area contributed by atoms with Crippen LogP contribution in [0.25, 0.3) is 10.9 Å². The van der Waals surface area contributed by atoms with Gasteiger partial charge in [-0.05, 0) is 12.1 Å². The lowest BCUT2D eigenvalue weighted by Gasteiger charge is -2.15. The molecule has 0 radical (unpaired) electrons. The molecular weight excluding hydrogens is 266 g/mol. The van der Waals surface area contributed by atoms with E-state index in [0.29, 0.717) is 11.9 Å². The maximum absolute atomic E-state index is 6.07. The smallest absolute Gasteiger partial charge is 0.154 e. The minimum absolute atomic E-state index is 0.430. The number of aromatic nitrogens is 3. The zero-order valence-corrected chi connectivity index (χ0v) is 12.7. The van der Waals surface area contributed by atoms with E-state index < -0.39 is 8.07 Å². The summed E-state index contributed by atoms with van der Waals surface area (Å²) in [4.78, 5) is 4.06. The van der Waals surface area contributed by atoms with Gasteiger partial charge in [-0.3, -0.25) is 0 Å². The lowest BCUT2D eigenvalue weighted by atomic mass is 10.3. The van der Waals surface area contributed by atoms with Gasteiger partial charge >= 0.3 is 0 Å². The Morgan fingerprint density at radius 3 is 2.89 bits per heavy atom. The summed E-state index contributed by atoms with van der Waals surface area (Å²) in [6.07, 6.45) is 3.47. The minimum atomic E-state index is -1.04. The first-order valence-corrected chi connectivity index (χ1v) is 10.1. The van der Waals surface area contributed by atoms with Gasteiger partial charge in [0.15, 0.2) is 5.15 Å². The van der Waals surface area contributed by atoms with Crippen molar-refractivity contribution in [2.24, 2.45) is 0 Å². The van der Waals surface area contributed by atoms with Gasteiger partial charge < -0.3 is 4.74 Å². The molecule has 2 aromatic rings. The molecule has 0 bridgehead atoms. The molecule has 2 aromatic heterocycles. The fourth-order valence-corrected chi connectivity index (χ4v) is 2.64. The maximum Gasteiger partial charge on any atom is 0.154 e. The van der Waals surface area contributed by atoms with Gasteiger partial charge in [-0.15, -0.1) is 0 Å². The predicted molar refractivity (Wildman–Crippen MR) is 76.6 cm³/mol. The van der Waals surface area contributed by atoms with E-state index in [9.17, 15) is 0 Å². The summed E-state index contributed by atoms with van der Waals surface area (Å²) < 4.78 is 7.42. The maximum atomic E-state index is 6.07. The van der Waals surface area contributed by atoms with Crippen LogP contribution < -0.4 is 0 Å². The topological polar surface area (TPSA) is 39.9 Å². The molecule has 0 spiro atoms. The second-order valence-corrected chi connectivity index (χ2v) is 11.5. The number of halogens is 1. The molecule has 6 heteroatoms. The van der Waals surface area contributed by atoms with Crippen molar-refractivity contribution in [3.05, 3.63) is 23.6 Å². The molecule has 0 aromatic carbocycles. The second-order valence-electron chi connectivity index (χ2n) is 5.53. The first kappa shape index (κ1) is 13.5. The fourth-order valence-electron chi connectivity index (χ4n) is 1.62. The van der Waals surface area contributed by atoms with Crippen LogP contribution in [-0.4, -0.2) is 29.4 Å². The minimum Gasteiger partial charge on any atom is -0.360 e. The summed E-state index contributed by atoms with van der Waals surface area (Å²) in [5.41, 5.74) is 0.840. The molecule has 2 heterocycles. The summed E-state index contributed by atoms with van der Waals surface area (Å²) in [5, 5.41) is 5.73. The van der Waals surface area contributed by atoms with Crippen molar-refractivity contribution < 1.29 is 4.74 Å². The van der Waals surface area contributed by atoms with Crippen LogP contribution in [0.4, 0.5) is 0 Å². The zero-order valence-electron chi connectivity index (χ0n) is 11.0. The number of rotatable bonds is 5. The summed E-state index contributed by atoms with van der Waals surface area (Å²) in [6, 6.07) is 3.05. The van der Waals surface area contributed by atoms with E-state index in [2.05, 4.69) is 29.7 Å². The average molecular weight is 284 g/mol. The summed E-state index contributed by atoms with van der Waals surface area (Å²) in [6.45, 7) is 8.20. The lowest BCUT2D eigenvalue weighted by molar-refractivity contribution is 0.0817. The number of pyridine rings is 1. The predicted octanol–water partition coefficient (Wildman–Crippen LogP) is 3.40. The van der Waals surface area contributed by atoms with Crippen molar-refractivity contribution in [3.8, 4) is 0 Å². The van der Waals surface area contributed by atoms with Crippen molar-refractivity contribution >= 4 is 30.6 Å². The molecule has 0 aliphatic heterocycles. The Hall–Kier alpha value is -0.913. The molecule has 0 saturated heterocycles. The highest BCUT2D eigenvalue weighted by molar-refractivity contribution is 6.76. The van der Waals surface area contributed by atoms with E-state index in [1.54, 1.807) is 17.1 Å². The molecule has 4 nitrogen and oxygen atoms in total. The molecule has 0 saturated carbocycles. The van der Waals surface area contributed by atoms with E-state index in [1.807, 2.05) is 6.07 Å². The molecular formula is C12H18ClN3OSi. The first-order valence-electron chi connectivity index (χ1n) is 6.01. The van der Waals surface area contributed by atoms with Crippen molar-refractivity contribution in [1.29, 1.82) is 0 Å². The normalized spacial score (nSPS) is 12.2. The van der Waals surface area contributed by atoms with E-state index in [0.717, 1.165) is 23.6 Å². The molecule has 0 amide bonds. The van der Waals surface area contributed by atoms with Crippen molar-refractivity contribution in [1.82, 2.24) is 14.8 Å². The Kier molecular flexibility index (Phi) is 4.04. The van der Waals surface area contributed by atoms with Crippen molar-refractivity contribution in [2.45, 2.75) is 32.4 Å². The third kappa shape index (κ3) is 3.31. The van der Waals surface area contributed by atoms with E-state index >= 15 is 0 Å². The standard InChI is InChI=1S/C12H18ClN3OSi/c1-18(2,3)7-6-17-9-16-11-10(8-15-16)4-5-14-12(11)13/h4-5,8H,6-7,9H2,1-3H3. The van der Waals surface area contributed by atoms with Crippen LogP contribution in [0, 0.1) is 0 Å². The summed E-state index contributed by atoms with van der Waals surface area (Å²) in [5.74, 6) is 0. The average Bonchev–Trinajstić information content (AvgIpc) is 2.68. The Bertz CT molecular complexity index is 536.